The Bertz CT molecular complexity index is 431. The van der Waals surface area contributed by atoms with Crippen molar-refractivity contribution in [1.29, 1.82) is 0 Å². The minimum Gasteiger partial charge on any atom is -0.481 e. The smallest absolute Gasteiger partial charge is 0.324 e. The van der Waals surface area contributed by atoms with E-state index in [4.69, 9.17) is 9.84 Å². The van der Waals surface area contributed by atoms with Gasteiger partial charge < -0.3 is 14.7 Å². The summed E-state index contributed by atoms with van der Waals surface area (Å²) in [6.07, 6.45) is -0.145. The maximum Gasteiger partial charge on any atom is 0.324 e. The van der Waals surface area contributed by atoms with Crippen molar-refractivity contribution >= 4 is 17.9 Å². The topological polar surface area (TPSA) is 95.9 Å². The van der Waals surface area contributed by atoms with Crippen LogP contribution in [0, 0.1) is 5.41 Å². The summed E-state index contributed by atoms with van der Waals surface area (Å²) in [6, 6.07) is -0.459. The van der Waals surface area contributed by atoms with E-state index in [9.17, 15) is 14.4 Å². The van der Waals surface area contributed by atoms with Gasteiger partial charge >= 0.3 is 12.0 Å². The second-order valence-corrected chi connectivity index (χ2v) is 6.78. The predicted molar refractivity (Wildman–Crippen MR) is 75.8 cm³/mol. The number of aliphatic carboxylic acids is 1. The van der Waals surface area contributed by atoms with Crippen LogP contribution in [0.5, 0.6) is 0 Å². The van der Waals surface area contributed by atoms with Crippen molar-refractivity contribution in [2.75, 3.05) is 19.8 Å². The summed E-state index contributed by atoms with van der Waals surface area (Å²) in [7, 11) is 0. The molecule has 1 saturated heterocycles. The Balaban J connectivity index is 2.58. The number of nitrogens with zero attached hydrogens (tertiary/aromatic N) is 1. The molecule has 1 heterocycles. The lowest BCUT2D eigenvalue weighted by atomic mass is 9.85. The number of imide groups is 1. The Morgan fingerprint density at radius 3 is 2.43 bits per heavy atom. The minimum absolute atomic E-state index is 0.0180. The molecule has 0 saturated carbocycles. The van der Waals surface area contributed by atoms with E-state index in [1.54, 1.807) is 18.7 Å². The first-order valence-electron chi connectivity index (χ1n) is 6.94. The van der Waals surface area contributed by atoms with Crippen molar-refractivity contribution in [3.05, 3.63) is 0 Å². The number of rotatable bonds is 4. The molecule has 3 amide bonds. The lowest BCUT2D eigenvalue weighted by Crippen LogP contribution is -2.59. The number of carboxylic acids is 1. The molecular formula is C14H24N2O5. The van der Waals surface area contributed by atoms with Crippen LogP contribution in [0.25, 0.3) is 0 Å². The Morgan fingerprint density at radius 2 is 1.90 bits per heavy atom. The largest absolute Gasteiger partial charge is 0.481 e. The molecule has 1 rings (SSSR count). The lowest BCUT2D eigenvalue weighted by Gasteiger charge is -2.41. The third kappa shape index (κ3) is 5.34. The maximum atomic E-state index is 12.2. The Hall–Kier alpha value is -1.63. The number of morpholine rings is 1. The van der Waals surface area contributed by atoms with E-state index in [1.165, 1.54) is 0 Å². The molecule has 21 heavy (non-hydrogen) atoms. The summed E-state index contributed by atoms with van der Waals surface area (Å²) in [4.78, 5) is 36.4. The molecule has 1 fully saturated rings. The normalized spacial score (nSPS) is 18.2. The fourth-order valence-electron chi connectivity index (χ4n) is 2.37. The summed E-state index contributed by atoms with van der Waals surface area (Å²) >= 11 is 0. The van der Waals surface area contributed by atoms with Crippen LogP contribution in [0.4, 0.5) is 4.79 Å². The standard InChI is InChI=1S/C14H24N2O5/c1-13(2,8-11(18)19)7-10(17)15-12(20)16-5-6-21-9-14(16,3)4/h5-9H2,1-4H3,(H,18,19)(H,15,17,20). The van der Waals surface area contributed by atoms with E-state index in [0.717, 1.165) is 0 Å². The van der Waals surface area contributed by atoms with Gasteiger partial charge in [0.2, 0.25) is 5.91 Å². The van der Waals surface area contributed by atoms with E-state index < -0.39 is 28.9 Å². The summed E-state index contributed by atoms with van der Waals surface area (Å²) in [5.41, 5.74) is -1.17. The van der Waals surface area contributed by atoms with Crippen LogP contribution in [0.15, 0.2) is 0 Å². The van der Waals surface area contributed by atoms with Gasteiger partial charge in [-0.3, -0.25) is 14.9 Å². The molecule has 0 atom stereocenters. The van der Waals surface area contributed by atoms with Crippen LogP contribution in [0.3, 0.4) is 0 Å². The van der Waals surface area contributed by atoms with Crippen molar-refractivity contribution in [2.45, 2.75) is 46.1 Å². The van der Waals surface area contributed by atoms with E-state index in [1.807, 2.05) is 13.8 Å². The highest BCUT2D eigenvalue weighted by molar-refractivity contribution is 5.95. The van der Waals surface area contributed by atoms with Gasteiger partial charge in [-0.15, -0.1) is 0 Å². The monoisotopic (exact) mass is 300 g/mol. The number of nitrogens with one attached hydrogen (secondary N) is 1. The number of amides is 3. The zero-order chi connectivity index (χ0) is 16.3. The van der Waals surface area contributed by atoms with Crippen LogP contribution in [-0.4, -0.2) is 53.2 Å². The predicted octanol–water partition coefficient (Wildman–Crippen LogP) is 1.22. The molecular weight excluding hydrogens is 276 g/mol. The average molecular weight is 300 g/mol. The number of ether oxygens (including phenoxy) is 1. The fraction of sp³-hybridized carbons (Fsp3) is 0.786. The van der Waals surface area contributed by atoms with Crippen LogP contribution in [0.2, 0.25) is 0 Å². The molecule has 0 aliphatic carbocycles. The van der Waals surface area contributed by atoms with Crippen LogP contribution in [-0.2, 0) is 14.3 Å². The summed E-state index contributed by atoms with van der Waals surface area (Å²) in [5.74, 6) is -1.43. The molecule has 1 aliphatic heterocycles. The number of carbonyl (C=O) groups is 3. The quantitative estimate of drug-likeness (QED) is 0.814. The van der Waals surface area contributed by atoms with Crippen molar-refractivity contribution in [1.82, 2.24) is 10.2 Å². The summed E-state index contributed by atoms with van der Waals surface area (Å²) in [6.45, 7) is 8.38. The third-order valence-corrected chi connectivity index (χ3v) is 3.41. The van der Waals surface area contributed by atoms with Gasteiger partial charge in [-0.05, 0) is 19.3 Å². The van der Waals surface area contributed by atoms with Crippen molar-refractivity contribution in [3.8, 4) is 0 Å². The first-order valence-corrected chi connectivity index (χ1v) is 6.94. The summed E-state index contributed by atoms with van der Waals surface area (Å²) in [5, 5.41) is 11.1. The van der Waals surface area contributed by atoms with Gasteiger partial charge in [0.25, 0.3) is 0 Å². The van der Waals surface area contributed by atoms with Gasteiger partial charge in [-0.25, -0.2) is 4.79 Å². The molecule has 0 aromatic carbocycles. The second kappa shape index (κ2) is 6.43. The third-order valence-electron chi connectivity index (χ3n) is 3.41. The molecule has 120 valence electrons. The Labute approximate surface area is 124 Å². The SMILES string of the molecule is CC(C)(CC(=O)O)CC(=O)NC(=O)N1CCOCC1(C)C. The highest BCUT2D eigenvalue weighted by Gasteiger charge is 2.35. The van der Waals surface area contributed by atoms with Gasteiger partial charge in [0.15, 0.2) is 0 Å². The van der Waals surface area contributed by atoms with Crippen LogP contribution in [0.1, 0.15) is 40.5 Å². The van der Waals surface area contributed by atoms with E-state index >= 15 is 0 Å². The highest BCUT2D eigenvalue weighted by Crippen LogP contribution is 2.25. The van der Waals surface area contributed by atoms with Crippen LogP contribution < -0.4 is 5.32 Å². The minimum atomic E-state index is -0.964. The van der Waals surface area contributed by atoms with Crippen molar-refractivity contribution in [3.63, 3.8) is 0 Å². The lowest BCUT2D eigenvalue weighted by molar-refractivity contribution is -0.139. The number of hydrogen-bond acceptors (Lipinski definition) is 4. The number of carboxylic acid groups (broad SMARTS) is 1. The number of carbonyl (C=O) groups excluding carboxylic acids is 2. The van der Waals surface area contributed by atoms with Crippen molar-refractivity contribution in [2.24, 2.45) is 5.41 Å². The molecule has 1 aliphatic rings. The fourth-order valence-corrected chi connectivity index (χ4v) is 2.37. The van der Waals surface area contributed by atoms with Gasteiger partial charge in [0.05, 0.1) is 25.2 Å². The number of hydrogen-bond donors (Lipinski definition) is 2. The first kappa shape index (κ1) is 17.4. The molecule has 0 radical (unpaired) electrons. The van der Waals surface area contributed by atoms with E-state index in [-0.39, 0.29) is 12.8 Å². The van der Waals surface area contributed by atoms with Gasteiger partial charge in [0.1, 0.15) is 0 Å². The highest BCUT2D eigenvalue weighted by atomic mass is 16.5. The molecule has 7 nitrogen and oxygen atoms in total. The van der Waals surface area contributed by atoms with Crippen LogP contribution >= 0.6 is 0 Å². The zero-order valence-corrected chi connectivity index (χ0v) is 13.1. The molecule has 0 bridgehead atoms. The van der Waals surface area contributed by atoms with Crippen molar-refractivity contribution < 1.29 is 24.2 Å². The average Bonchev–Trinajstić information content (AvgIpc) is 2.24. The summed E-state index contributed by atoms with van der Waals surface area (Å²) < 4.78 is 5.32. The molecule has 0 aromatic rings. The maximum absolute atomic E-state index is 12.2. The second-order valence-electron chi connectivity index (χ2n) is 6.78. The molecule has 2 N–H and O–H groups in total. The molecule has 0 unspecified atom stereocenters. The Kier molecular flexibility index (Phi) is 5.33. The zero-order valence-electron chi connectivity index (χ0n) is 13.1. The van der Waals surface area contributed by atoms with Gasteiger partial charge in [0, 0.05) is 13.0 Å². The van der Waals surface area contributed by atoms with E-state index in [2.05, 4.69) is 5.32 Å². The molecule has 0 aromatic heterocycles. The van der Waals surface area contributed by atoms with Gasteiger partial charge in [-0.2, -0.15) is 0 Å². The molecule has 0 spiro atoms. The Morgan fingerprint density at radius 1 is 1.29 bits per heavy atom. The molecule has 7 heteroatoms. The van der Waals surface area contributed by atoms with E-state index in [0.29, 0.717) is 19.8 Å². The van der Waals surface area contributed by atoms with Gasteiger partial charge in [-0.1, -0.05) is 13.8 Å². The number of urea groups is 1. The first-order chi connectivity index (χ1) is 9.53.